The molecular formula is C15H18FNO3S. The van der Waals surface area contributed by atoms with Crippen LogP contribution in [0.4, 0.5) is 10.1 Å². The van der Waals surface area contributed by atoms with Gasteiger partial charge in [0.2, 0.25) is 5.91 Å². The minimum atomic E-state index is -0.536. The average molecular weight is 311 g/mol. The predicted molar refractivity (Wildman–Crippen MR) is 80.9 cm³/mol. The minimum Gasteiger partial charge on any atom is -0.465 e. The van der Waals surface area contributed by atoms with Gasteiger partial charge < -0.3 is 9.64 Å². The zero-order chi connectivity index (χ0) is 15.4. The molecule has 2 rings (SSSR count). The molecule has 1 atom stereocenters. The van der Waals surface area contributed by atoms with Gasteiger partial charge in [-0.3, -0.25) is 9.59 Å². The third-order valence-electron chi connectivity index (χ3n) is 3.17. The van der Waals surface area contributed by atoms with E-state index in [4.69, 9.17) is 4.74 Å². The molecule has 0 spiro atoms. The van der Waals surface area contributed by atoms with Gasteiger partial charge in [0.1, 0.15) is 11.1 Å². The largest absolute Gasteiger partial charge is 0.465 e. The summed E-state index contributed by atoms with van der Waals surface area (Å²) in [7, 11) is 0. The lowest BCUT2D eigenvalue weighted by molar-refractivity contribution is -0.139. The van der Waals surface area contributed by atoms with Crippen LogP contribution in [-0.2, 0) is 14.3 Å². The highest BCUT2D eigenvalue weighted by Gasteiger charge is 2.37. The summed E-state index contributed by atoms with van der Waals surface area (Å²) >= 11 is 1.19. The van der Waals surface area contributed by atoms with Gasteiger partial charge in [0.25, 0.3) is 0 Å². The number of rotatable bonds is 6. The number of esters is 1. The van der Waals surface area contributed by atoms with E-state index in [9.17, 15) is 14.0 Å². The molecule has 1 aliphatic heterocycles. The zero-order valence-corrected chi connectivity index (χ0v) is 12.9. The van der Waals surface area contributed by atoms with Gasteiger partial charge in [0, 0.05) is 17.8 Å². The number of fused-ring (bicyclic) bond motifs is 1. The Labute approximate surface area is 127 Å². The van der Waals surface area contributed by atoms with Crippen molar-refractivity contribution in [2.75, 3.05) is 23.8 Å². The Bertz CT molecular complexity index is 550. The van der Waals surface area contributed by atoms with Crippen LogP contribution in [0.15, 0.2) is 18.2 Å². The summed E-state index contributed by atoms with van der Waals surface area (Å²) in [5.41, 5.74) is 1.38. The van der Waals surface area contributed by atoms with Gasteiger partial charge in [-0.15, -0.1) is 11.8 Å². The molecule has 1 unspecified atom stereocenters. The van der Waals surface area contributed by atoms with Crippen LogP contribution in [0.25, 0.3) is 0 Å². The van der Waals surface area contributed by atoms with E-state index in [1.165, 1.54) is 23.9 Å². The Morgan fingerprint density at radius 3 is 2.86 bits per heavy atom. The van der Waals surface area contributed by atoms with Gasteiger partial charge in [-0.1, -0.05) is 6.92 Å². The Morgan fingerprint density at radius 2 is 2.19 bits per heavy atom. The number of benzene rings is 1. The van der Waals surface area contributed by atoms with Crippen LogP contribution in [0, 0.1) is 5.82 Å². The smallest absolute Gasteiger partial charge is 0.315 e. The number of anilines is 1. The number of hydrogen-bond acceptors (Lipinski definition) is 4. The monoisotopic (exact) mass is 311 g/mol. The fourth-order valence-electron chi connectivity index (χ4n) is 2.34. The quantitative estimate of drug-likeness (QED) is 0.758. The molecule has 0 aliphatic carbocycles. The molecule has 1 aromatic rings. The molecule has 0 aromatic heterocycles. The Morgan fingerprint density at radius 1 is 1.43 bits per heavy atom. The molecule has 1 amide bonds. The molecule has 0 saturated carbocycles. The van der Waals surface area contributed by atoms with Crippen LogP contribution in [0.3, 0.4) is 0 Å². The number of ether oxygens (including phenoxy) is 1. The van der Waals surface area contributed by atoms with E-state index in [0.29, 0.717) is 18.7 Å². The number of carbonyl (C=O) groups is 2. The summed E-state index contributed by atoms with van der Waals surface area (Å²) in [4.78, 5) is 25.6. The fourth-order valence-corrected chi connectivity index (χ4v) is 3.37. The average Bonchev–Trinajstić information content (AvgIpc) is 2.70. The standard InChI is InChI=1S/C15H18FNO3S/c1-3-7-17-12-6-5-10(16)8-11(12)14(15(17)19)21-9-13(18)20-4-2/h5-6,8,14H,3-4,7,9H2,1-2H3. The highest BCUT2D eigenvalue weighted by molar-refractivity contribution is 8.00. The number of amides is 1. The molecule has 0 bridgehead atoms. The van der Waals surface area contributed by atoms with Crippen LogP contribution >= 0.6 is 11.8 Å². The van der Waals surface area contributed by atoms with Gasteiger partial charge in [-0.05, 0) is 31.5 Å². The first-order valence-corrected chi connectivity index (χ1v) is 8.01. The van der Waals surface area contributed by atoms with Crippen molar-refractivity contribution in [1.29, 1.82) is 0 Å². The number of halogens is 1. The summed E-state index contributed by atoms with van der Waals surface area (Å²) in [6.07, 6.45) is 0.817. The first-order valence-electron chi connectivity index (χ1n) is 6.96. The Balaban J connectivity index is 2.20. The number of nitrogens with zero attached hydrogens (tertiary/aromatic N) is 1. The number of hydrogen-bond donors (Lipinski definition) is 0. The third kappa shape index (κ3) is 3.37. The van der Waals surface area contributed by atoms with Crippen molar-refractivity contribution in [3.63, 3.8) is 0 Å². The highest BCUT2D eigenvalue weighted by Crippen LogP contribution is 2.43. The minimum absolute atomic E-state index is 0.0835. The summed E-state index contributed by atoms with van der Waals surface area (Å²) in [5, 5.41) is -0.536. The molecule has 21 heavy (non-hydrogen) atoms. The lowest BCUT2D eigenvalue weighted by Gasteiger charge is -2.16. The number of carbonyl (C=O) groups excluding carboxylic acids is 2. The molecule has 0 N–H and O–H groups in total. The van der Waals surface area contributed by atoms with Crippen LogP contribution in [0.5, 0.6) is 0 Å². The molecule has 1 aromatic carbocycles. The second-order valence-electron chi connectivity index (χ2n) is 4.69. The van der Waals surface area contributed by atoms with Crippen molar-refractivity contribution in [3.05, 3.63) is 29.6 Å². The van der Waals surface area contributed by atoms with Gasteiger partial charge in [-0.25, -0.2) is 4.39 Å². The van der Waals surface area contributed by atoms with Crippen molar-refractivity contribution in [2.24, 2.45) is 0 Å². The van der Waals surface area contributed by atoms with Gasteiger partial charge in [0.15, 0.2) is 0 Å². The topological polar surface area (TPSA) is 46.6 Å². The molecule has 114 valence electrons. The summed E-state index contributed by atoms with van der Waals surface area (Å²) in [6.45, 7) is 4.62. The maximum absolute atomic E-state index is 13.5. The van der Waals surface area contributed by atoms with E-state index in [1.807, 2.05) is 6.92 Å². The molecule has 1 heterocycles. The molecule has 0 radical (unpaired) electrons. The zero-order valence-electron chi connectivity index (χ0n) is 12.1. The lowest BCUT2D eigenvalue weighted by atomic mass is 10.1. The van der Waals surface area contributed by atoms with Crippen LogP contribution in [-0.4, -0.2) is 30.8 Å². The van der Waals surface area contributed by atoms with E-state index < -0.39 is 5.25 Å². The van der Waals surface area contributed by atoms with Crippen molar-refractivity contribution in [3.8, 4) is 0 Å². The Kier molecular flexibility index (Phi) is 5.22. The number of thioether (sulfide) groups is 1. The highest BCUT2D eigenvalue weighted by atomic mass is 32.2. The van der Waals surface area contributed by atoms with E-state index in [-0.39, 0.29) is 23.4 Å². The van der Waals surface area contributed by atoms with Gasteiger partial charge in [-0.2, -0.15) is 0 Å². The lowest BCUT2D eigenvalue weighted by Crippen LogP contribution is -2.29. The predicted octanol–water partition coefficient (Wildman–Crippen LogP) is 2.92. The van der Waals surface area contributed by atoms with E-state index >= 15 is 0 Å². The van der Waals surface area contributed by atoms with E-state index in [0.717, 1.165) is 12.1 Å². The molecular weight excluding hydrogens is 293 g/mol. The summed E-state index contributed by atoms with van der Waals surface area (Å²) < 4.78 is 18.3. The van der Waals surface area contributed by atoms with Crippen molar-refractivity contribution < 1.29 is 18.7 Å². The molecule has 1 aliphatic rings. The normalized spacial score (nSPS) is 17.0. The second-order valence-corrected chi connectivity index (χ2v) is 5.78. The van der Waals surface area contributed by atoms with Crippen molar-refractivity contribution in [1.82, 2.24) is 0 Å². The van der Waals surface area contributed by atoms with Crippen LogP contribution < -0.4 is 4.90 Å². The van der Waals surface area contributed by atoms with E-state index in [1.54, 1.807) is 17.9 Å². The van der Waals surface area contributed by atoms with Crippen LogP contribution in [0.2, 0.25) is 0 Å². The molecule has 0 saturated heterocycles. The molecule has 6 heteroatoms. The second kappa shape index (κ2) is 6.93. The maximum Gasteiger partial charge on any atom is 0.315 e. The molecule has 4 nitrogen and oxygen atoms in total. The maximum atomic E-state index is 13.5. The van der Waals surface area contributed by atoms with E-state index in [2.05, 4.69) is 0 Å². The van der Waals surface area contributed by atoms with Gasteiger partial charge in [0.05, 0.1) is 12.4 Å². The summed E-state index contributed by atoms with van der Waals surface area (Å²) in [5.74, 6) is -0.740. The fraction of sp³-hybridized carbons (Fsp3) is 0.467. The molecule has 0 fully saturated rings. The van der Waals surface area contributed by atoms with Crippen molar-refractivity contribution >= 4 is 29.3 Å². The Hall–Kier alpha value is -1.56. The van der Waals surface area contributed by atoms with Crippen LogP contribution in [0.1, 0.15) is 31.1 Å². The van der Waals surface area contributed by atoms with Crippen molar-refractivity contribution in [2.45, 2.75) is 25.5 Å². The summed E-state index contributed by atoms with van der Waals surface area (Å²) in [6, 6.07) is 4.36. The SMILES string of the molecule is CCCN1C(=O)C(SCC(=O)OCC)c2cc(F)ccc21. The van der Waals surface area contributed by atoms with Gasteiger partial charge >= 0.3 is 5.97 Å². The third-order valence-corrected chi connectivity index (χ3v) is 4.36. The first kappa shape index (κ1) is 15.8. The first-order chi connectivity index (χ1) is 10.1.